The van der Waals surface area contributed by atoms with Gasteiger partial charge in [0.2, 0.25) is 0 Å². The fourth-order valence-electron chi connectivity index (χ4n) is 1.46. The molecule has 2 rings (SSSR count). The second kappa shape index (κ2) is 3.79. The van der Waals surface area contributed by atoms with Crippen LogP contribution in [0.3, 0.4) is 0 Å². The molecule has 4 heteroatoms. The van der Waals surface area contributed by atoms with Gasteiger partial charge in [-0.25, -0.2) is 0 Å². The van der Waals surface area contributed by atoms with Gasteiger partial charge in [0.1, 0.15) is 0 Å². The molecular formula is C9H8Br2ClN. The SMILES string of the molecule is Clc1cc2c(cc1Br)C(Br)CCN2. The number of halogens is 3. The predicted molar refractivity (Wildman–Crippen MR) is 63.9 cm³/mol. The summed E-state index contributed by atoms with van der Waals surface area (Å²) in [7, 11) is 0. The Morgan fingerprint density at radius 1 is 1.46 bits per heavy atom. The first-order valence-electron chi connectivity index (χ1n) is 4.05. The van der Waals surface area contributed by atoms with Gasteiger partial charge in [-0.1, -0.05) is 27.5 Å². The van der Waals surface area contributed by atoms with Crippen LogP contribution in [0, 0.1) is 0 Å². The van der Waals surface area contributed by atoms with Crippen molar-refractivity contribution in [3.63, 3.8) is 0 Å². The lowest BCUT2D eigenvalue weighted by Crippen LogP contribution is -2.13. The van der Waals surface area contributed by atoms with Crippen LogP contribution in [0.2, 0.25) is 5.02 Å². The van der Waals surface area contributed by atoms with Crippen molar-refractivity contribution >= 4 is 49.1 Å². The van der Waals surface area contributed by atoms with Crippen LogP contribution in [0.5, 0.6) is 0 Å². The summed E-state index contributed by atoms with van der Waals surface area (Å²) in [6.07, 6.45) is 1.11. The molecule has 1 aliphatic rings. The molecule has 13 heavy (non-hydrogen) atoms. The first-order valence-corrected chi connectivity index (χ1v) is 6.14. The van der Waals surface area contributed by atoms with Gasteiger partial charge in [-0.15, -0.1) is 0 Å². The second-order valence-electron chi connectivity index (χ2n) is 3.04. The van der Waals surface area contributed by atoms with E-state index in [0.717, 1.165) is 28.1 Å². The average Bonchev–Trinajstić information content (AvgIpc) is 2.09. The van der Waals surface area contributed by atoms with Crippen molar-refractivity contribution in [2.45, 2.75) is 11.2 Å². The summed E-state index contributed by atoms with van der Waals surface area (Å²) < 4.78 is 0.959. The van der Waals surface area contributed by atoms with E-state index in [9.17, 15) is 0 Å². The second-order valence-corrected chi connectivity index (χ2v) is 5.40. The molecule has 1 aromatic carbocycles. The smallest absolute Gasteiger partial charge is 0.0568 e. The fourth-order valence-corrected chi connectivity index (χ4v) is 2.60. The number of anilines is 1. The molecule has 0 amide bonds. The molecular weight excluding hydrogens is 317 g/mol. The molecule has 0 aliphatic carbocycles. The van der Waals surface area contributed by atoms with Gasteiger partial charge in [-0.3, -0.25) is 0 Å². The topological polar surface area (TPSA) is 12.0 Å². The van der Waals surface area contributed by atoms with E-state index in [-0.39, 0.29) is 0 Å². The zero-order valence-corrected chi connectivity index (χ0v) is 10.7. The van der Waals surface area contributed by atoms with Crippen molar-refractivity contribution in [3.8, 4) is 0 Å². The van der Waals surface area contributed by atoms with Crippen LogP contribution in [0.25, 0.3) is 0 Å². The van der Waals surface area contributed by atoms with Crippen molar-refractivity contribution < 1.29 is 0 Å². The van der Waals surface area contributed by atoms with Crippen molar-refractivity contribution in [2.75, 3.05) is 11.9 Å². The third-order valence-corrected chi connectivity index (χ3v) is 4.29. The largest absolute Gasteiger partial charge is 0.385 e. The van der Waals surface area contributed by atoms with E-state index >= 15 is 0 Å². The van der Waals surface area contributed by atoms with Crippen LogP contribution in [0.1, 0.15) is 16.8 Å². The number of hydrogen-bond donors (Lipinski definition) is 1. The molecule has 0 spiro atoms. The fraction of sp³-hybridized carbons (Fsp3) is 0.333. The van der Waals surface area contributed by atoms with Crippen molar-refractivity contribution in [1.82, 2.24) is 0 Å². The van der Waals surface area contributed by atoms with Crippen LogP contribution in [-0.2, 0) is 0 Å². The molecule has 1 atom stereocenters. The highest BCUT2D eigenvalue weighted by Crippen LogP contribution is 2.40. The minimum atomic E-state index is 0.442. The molecule has 0 fully saturated rings. The lowest BCUT2D eigenvalue weighted by Gasteiger charge is -2.23. The number of hydrogen-bond acceptors (Lipinski definition) is 1. The molecule has 1 aliphatic heterocycles. The van der Waals surface area contributed by atoms with Crippen LogP contribution in [0.15, 0.2) is 16.6 Å². The molecule has 1 N–H and O–H groups in total. The molecule has 0 saturated heterocycles. The van der Waals surface area contributed by atoms with E-state index in [2.05, 4.69) is 43.2 Å². The lowest BCUT2D eigenvalue weighted by molar-refractivity contribution is 0.822. The Morgan fingerprint density at radius 2 is 2.23 bits per heavy atom. The van der Waals surface area contributed by atoms with Crippen LogP contribution in [0.4, 0.5) is 5.69 Å². The van der Waals surface area contributed by atoms with Gasteiger partial charge in [0, 0.05) is 21.5 Å². The summed E-state index contributed by atoms with van der Waals surface area (Å²) in [5, 5.41) is 4.08. The molecule has 70 valence electrons. The highest BCUT2D eigenvalue weighted by Gasteiger charge is 2.18. The van der Waals surface area contributed by atoms with E-state index < -0.39 is 0 Å². The molecule has 1 aromatic rings. The standard InChI is InChI=1S/C9H8Br2ClN/c10-6-1-2-13-9-4-8(12)7(11)3-5(6)9/h3-4,6,13H,1-2H2. The molecule has 0 aromatic heterocycles. The maximum atomic E-state index is 5.99. The van der Waals surface area contributed by atoms with Gasteiger partial charge in [0.05, 0.1) is 5.02 Å². The van der Waals surface area contributed by atoms with Gasteiger partial charge in [-0.05, 0) is 40.0 Å². The maximum absolute atomic E-state index is 5.99. The number of nitrogens with one attached hydrogen (secondary N) is 1. The molecule has 1 nitrogen and oxygen atoms in total. The van der Waals surface area contributed by atoms with Crippen molar-refractivity contribution in [3.05, 3.63) is 27.2 Å². The monoisotopic (exact) mass is 323 g/mol. The van der Waals surface area contributed by atoms with Crippen LogP contribution < -0.4 is 5.32 Å². The van der Waals surface area contributed by atoms with Gasteiger partial charge >= 0.3 is 0 Å². The minimum Gasteiger partial charge on any atom is -0.385 e. The average molecular weight is 325 g/mol. The van der Waals surface area contributed by atoms with Gasteiger partial charge < -0.3 is 5.32 Å². The number of rotatable bonds is 0. The third kappa shape index (κ3) is 1.88. The highest BCUT2D eigenvalue weighted by molar-refractivity contribution is 9.10. The Kier molecular flexibility index (Phi) is 2.86. The van der Waals surface area contributed by atoms with Crippen LogP contribution >= 0.6 is 43.5 Å². The highest BCUT2D eigenvalue weighted by atomic mass is 79.9. The Balaban J connectivity index is 2.52. The zero-order valence-electron chi connectivity index (χ0n) is 6.78. The Bertz CT molecular complexity index is 341. The van der Waals surface area contributed by atoms with E-state index in [0.29, 0.717) is 4.83 Å². The molecule has 1 unspecified atom stereocenters. The summed E-state index contributed by atoms with van der Waals surface area (Å²) in [4.78, 5) is 0.442. The van der Waals surface area contributed by atoms with E-state index in [1.54, 1.807) is 0 Å². The number of alkyl halides is 1. The first kappa shape index (κ1) is 9.81. The van der Waals surface area contributed by atoms with Crippen molar-refractivity contribution in [2.24, 2.45) is 0 Å². The van der Waals surface area contributed by atoms with Gasteiger partial charge in [-0.2, -0.15) is 0 Å². The lowest BCUT2D eigenvalue weighted by atomic mass is 10.0. The quantitative estimate of drug-likeness (QED) is 0.699. The molecule has 0 saturated carbocycles. The van der Waals surface area contributed by atoms with Crippen molar-refractivity contribution in [1.29, 1.82) is 0 Å². The summed E-state index contributed by atoms with van der Waals surface area (Å²) in [6, 6.07) is 4.04. The van der Waals surface area contributed by atoms with E-state index in [1.165, 1.54) is 5.56 Å². The minimum absolute atomic E-state index is 0.442. The Morgan fingerprint density at radius 3 is 3.00 bits per heavy atom. The number of fused-ring (bicyclic) bond motifs is 1. The summed E-state index contributed by atoms with van der Waals surface area (Å²) in [6.45, 7) is 1.00. The Labute approximate surface area is 99.1 Å². The zero-order chi connectivity index (χ0) is 9.42. The first-order chi connectivity index (χ1) is 6.18. The van der Waals surface area contributed by atoms with Crippen LogP contribution in [-0.4, -0.2) is 6.54 Å². The third-order valence-electron chi connectivity index (χ3n) is 2.14. The van der Waals surface area contributed by atoms with Gasteiger partial charge in [0.15, 0.2) is 0 Å². The normalized spacial score (nSPS) is 20.7. The summed E-state index contributed by atoms with van der Waals surface area (Å²) >= 11 is 13.1. The van der Waals surface area contributed by atoms with Gasteiger partial charge in [0.25, 0.3) is 0 Å². The Hall–Kier alpha value is 0.270. The molecule has 0 radical (unpaired) electrons. The predicted octanol–water partition coefficient (Wildman–Crippen LogP) is 4.35. The van der Waals surface area contributed by atoms with E-state index in [1.807, 2.05) is 6.07 Å². The summed E-state index contributed by atoms with van der Waals surface area (Å²) in [5.41, 5.74) is 2.42. The molecule has 0 bridgehead atoms. The van der Waals surface area contributed by atoms with E-state index in [4.69, 9.17) is 11.6 Å². The number of benzene rings is 1. The summed E-state index contributed by atoms with van der Waals surface area (Å²) in [5.74, 6) is 0. The maximum Gasteiger partial charge on any atom is 0.0568 e. The molecule has 1 heterocycles.